The average molecular weight is 245 g/mol. The molecule has 0 aliphatic carbocycles. The van der Waals surface area contributed by atoms with Gasteiger partial charge in [0.1, 0.15) is 11.4 Å². The molecule has 4 heteroatoms. The van der Waals surface area contributed by atoms with Gasteiger partial charge in [0.05, 0.1) is 7.11 Å². The van der Waals surface area contributed by atoms with Crippen molar-refractivity contribution in [2.24, 2.45) is 0 Å². The van der Waals surface area contributed by atoms with Crippen molar-refractivity contribution < 1.29 is 14.6 Å². The van der Waals surface area contributed by atoms with Gasteiger partial charge in [0.15, 0.2) is 0 Å². The fourth-order valence-electron chi connectivity index (χ4n) is 1.98. The first-order valence-electron chi connectivity index (χ1n) is 5.74. The molecule has 2 rings (SSSR count). The molecule has 0 aliphatic rings. The molecule has 0 saturated carbocycles. The van der Waals surface area contributed by atoms with Gasteiger partial charge >= 0.3 is 5.97 Å². The fraction of sp³-hybridized carbons (Fsp3) is 0.214. The Bertz CT molecular complexity index is 555. The van der Waals surface area contributed by atoms with E-state index in [1.807, 2.05) is 37.3 Å². The molecule has 0 spiro atoms. The Kier molecular flexibility index (Phi) is 3.37. The van der Waals surface area contributed by atoms with E-state index in [-0.39, 0.29) is 0 Å². The quantitative estimate of drug-likeness (QED) is 0.901. The third-order valence-corrected chi connectivity index (χ3v) is 2.91. The summed E-state index contributed by atoms with van der Waals surface area (Å²) in [6.45, 7) is 2.56. The highest BCUT2D eigenvalue weighted by Crippen LogP contribution is 2.26. The molecule has 0 atom stereocenters. The fourth-order valence-corrected chi connectivity index (χ4v) is 1.98. The number of aromatic carboxylic acids is 1. The van der Waals surface area contributed by atoms with Crippen LogP contribution in [0.25, 0.3) is 11.1 Å². The van der Waals surface area contributed by atoms with E-state index in [0.717, 1.165) is 16.9 Å². The highest BCUT2D eigenvalue weighted by molar-refractivity contribution is 5.94. The maximum absolute atomic E-state index is 11.3. The molecular formula is C14H15NO3. The van der Waals surface area contributed by atoms with Crippen LogP contribution in [0.3, 0.4) is 0 Å². The molecule has 0 radical (unpaired) electrons. The molecule has 2 aromatic rings. The Balaban J connectivity index is 2.49. The van der Waals surface area contributed by atoms with Crippen LogP contribution in [0.1, 0.15) is 17.4 Å². The molecule has 0 aliphatic heterocycles. The minimum Gasteiger partial charge on any atom is -0.497 e. The van der Waals surface area contributed by atoms with Gasteiger partial charge in [0, 0.05) is 18.3 Å². The second kappa shape index (κ2) is 4.96. The number of ether oxygens (including phenoxy) is 1. The number of hydrogen-bond acceptors (Lipinski definition) is 2. The summed E-state index contributed by atoms with van der Waals surface area (Å²) < 4.78 is 6.81. The molecule has 1 aromatic heterocycles. The van der Waals surface area contributed by atoms with Crippen LogP contribution in [-0.2, 0) is 6.54 Å². The van der Waals surface area contributed by atoms with Crippen molar-refractivity contribution >= 4 is 5.97 Å². The summed E-state index contributed by atoms with van der Waals surface area (Å²) in [5, 5.41) is 9.28. The number of carboxylic acid groups (broad SMARTS) is 1. The van der Waals surface area contributed by atoms with Crippen molar-refractivity contribution in [3.8, 4) is 16.9 Å². The van der Waals surface area contributed by atoms with E-state index >= 15 is 0 Å². The molecule has 0 unspecified atom stereocenters. The number of nitrogens with zero attached hydrogens (tertiary/aromatic N) is 1. The van der Waals surface area contributed by atoms with Crippen LogP contribution in [0.5, 0.6) is 5.75 Å². The molecule has 18 heavy (non-hydrogen) atoms. The molecule has 94 valence electrons. The van der Waals surface area contributed by atoms with E-state index in [2.05, 4.69) is 0 Å². The normalized spacial score (nSPS) is 10.3. The first kappa shape index (κ1) is 12.2. The van der Waals surface area contributed by atoms with Crippen LogP contribution in [0.4, 0.5) is 0 Å². The average Bonchev–Trinajstić information content (AvgIpc) is 2.82. The predicted octanol–water partition coefficient (Wildman–Crippen LogP) is 2.88. The first-order chi connectivity index (χ1) is 8.67. The first-order valence-corrected chi connectivity index (χ1v) is 5.74. The molecule has 0 fully saturated rings. The Hall–Kier alpha value is -2.23. The van der Waals surface area contributed by atoms with Crippen LogP contribution in [0, 0.1) is 0 Å². The summed E-state index contributed by atoms with van der Waals surface area (Å²) >= 11 is 0. The summed E-state index contributed by atoms with van der Waals surface area (Å²) in [7, 11) is 1.60. The molecule has 1 aromatic carbocycles. The number of rotatable bonds is 4. The number of carbonyl (C=O) groups is 1. The Morgan fingerprint density at radius 3 is 2.44 bits per heavy atom. The van der Waals surface area contributed by atoms with Gasteiger partial charge in [-0.25, -0.2) is 4.79 Å². The summed E-state index contributed by atoms with van der Waals surface area (Å²) in [6.07, 6.45) is 1.79. The van der Waals surface area contributed by atoms with E-state index < -0.39 is 5.97 Å². The second-order valence-electron chi connectivity index (χ2n) is 3.90. The zero-order valence-corrected chi connectivity index (χ0v) is 10.4. The van der Waals surface area contributed by atoms with Crippen LogP contribution < -0.4 is 4.74 Å². The number of carboxylic acids is 1. The lowest BCUT2D eigenvalue weighted by Crippen LogP contribution is -2.07. The Labute approximate surface area is 105 Å². The van der Waals surface area contributed by atoms with Gasteiger partial charge in [-0.3, -0.25) is 0 Å². The zero-order valence-electron chi connectivity index (χ0n) is 10.4. The van der Waals surface area contributed by atoms with Gasteiger partial charge in [0.2, 0.25) is 0 Å². The number of aromatic nitrogens is 1. The summed E-state index contributed by atoms with van der Waals surface area (Å²) in [4.78, 5) is 11.3. The highest BCUT2D eigenvalue weighted by Gasteiger charge is 2.16. The minimum absolute atomic E-state index is 0.322. The maximum atomic E-state index is 11.3. The smallest absolute Gasteiger partial charge is 0.353 e. The Morgan fingerprint density at radius 1 is 1.28 bits per heavy atom. The van der Waals surface area contributed by atoms with Crippen LogP contribution in [0.15, 0.2) is 36.5 Å². The van der Waals surface area contributed by atoms with Gasteiger partial charge in [-0.2, -0.15) is 0 Å². The second-order valence-corrected chi connectivity index (χ2v) is 3.90. The van der Waals surface area contributed by atoms with Crippen molar-refractivity contribution in [3.63, 3.8) is 0 Å². The summed E-state index contributed by atoms with van der Waals surface area (Å²) in [5.74, 6) is -0.154. The van der Waals surface area contributed by atoms with E-state index in [0.29, 0.717) is 12.2 Å². The zero-order chi connectivity index (χ0) is 13.1. The SMILES string of the molecule is CCn1ccc(-c2ccc(OC)cc2)c1C(=O)O. The monoisotopic (exact) mass is 245 g/mol. The van der Waals surface area contributed by atoms with Gasteiger partial charge in [0.25, 0.3) is 0 Å². The van der Waals surface area contributed by atoms with Crippen molar-refractivity contribution in [2.45, 2.75) is 13.5 Å². The number of aryl methyl sites for hydroxylation is 1. The molecule has 1 N–H and O–H groups in total. The topological polar surface area (TPSA) is 51.5 Å². The number of benzene rings is 1. The number of methoxy groups -OCH3 is 1. The molecule has 4 nitrogen and oxygen atoms in total. The standard InChI is InChI=1S/C14H15NO3/c1-3-15-9-8-12(13(15)14(16)17)10-4-6-11(18-2)7-5-10/h4-9H,3H2,1-2H3,(H,16,17). The third kappa shape index (κ3) is 2.09. The molecule has 1 heterocycles. The lowest BCUT2D eigenvalue weighted by atomic mass is 10.1. The minimum atomic E-state index is -0.910. The van der Waals surface area contributed by atoms with Crippen molar-refractivity contribution in [1.82, 2.24) is 4.57 Å². The van der Waals surface area contributed by atoms with Gasteiger partial charge in [-0.1, -0.05) is 12.1 Å². The van der Waals surface area contributed by atoms with E-state index in [1.165, 1.54) is 0 Å². The van der Waals surface area contributed by atoms with Gasteiger partial charge < -0.3 is 14.4 Å². The number of hydrogen-bond donors (Lipinski definition) is 1. The van der Waals surface area contributed by atoms with Gasteiger partial charge in [-0.05, 0) is 30.7 Å². The predicted molar refractivity (Wildman–Crippen MR) is 69.1 cm³/mol. The van der Waals surface area contributed by atoms with Crippen molar-refractivity contribution in [1.29, 1.82) is 0 Å². The summed E-state index contributed by atoms with van der Waals surface area (Å²) in [5.41, 5.74) is 1.93. The van der Waals surface area contributed by atoms with E-state index in [1.54, 1.807) is 17.9 Å². The van der Waals surface area contributed by atoms with Crippen molar-refractivity contribution in [2.75, 3.05) is 7.11 Å². The molecule has 0 saturated heterocycles. The van der Waals surface area contributed by atoms with Gasteiger partial charge in [-0.15, -0.1) is 0 Å². The third-order valence-electron chi connectivity index (χ3n) is 2.91. The molecule has 0 amide bonds. The largest absolute Gasteiger partial charge is 0.497 e. The van der Waals surface area contributed by atoms with E-state index in [9.17, 15) is 9.90 Å². The van der Waals surface area contributed by atoms with E-state index in [4.69, 9.17) is 4.74 Å². The lowest BCUT2D eigenvalue weighted by Gasteiger charge is -2.06. The molecular weight excluding hydrogens is 230 g/mol. The molecule has 0 bridgehead atoms. The van der Waals surface area contributed by atoms with Crippen molar-refractivity contribution in [3.05, 3.63) is 42.2 Å². The summed E-state index contributed by atoms with van der Waals surface area (Å²) in [6, 6.07) is 9.20. The van der Waals surface area contributed by atoms with Crippen LogP contribution in [0.2, 0.25) is 0 Å². The maximum Gasteiger partial charge on any atom is 0.353 e. The lowest BCUT2D eigenvalue weighted by molar-refractivity contribution is 0.0686. The van der Waals surface area contributed by atoms with Crippen LogP contribution >= 0.6 is 0 Å². The Morgan fingerprint density at radius 2 is 1.94 bits per heavy atom. The highest BCUT2D eigenvalue weighted by atomic mass is 16.5. The van der Waals surface area contributed by atoms with Crippen LogP contribution in [-0.4, -0.2) is 22.8 Å².